The summed E-state index contributed by atoms with van der Waals surface area (Å²) in [5.74, 6) is -0.0358. The molecular formula is C20H21NO4. The number of hydrogen-bond donors (Lipinski definition) is 0. The van der Waals surface area contributed by atoms with Crippen LogP contribution in [0.2, 0.25) is 0 Å². The van der Waals surface area contributed by atoms with Gasteiger partial charge in [0.25, 0.3) is 5.91 Å². The number of esters is 1. The lowest BCUT2D eigenvalue weighted by atomic mass is 10.2. The van der Waals surface area contributed by atoms with Crippen LogP contribution >= 0.6 is 0 Å². The van der Waals surface area contributed by atoms with Crippen LogP contribution in [0.3, 0.4) is 0 Å². The Labute approximate surface area is 147 Å². The lowest BCUT2D eigenvalue weighted by Crippen LogP contribution is -2.33. The Bertz CT molecular complexity index is 768. The number of para-hydroxylation sites is 1. The van der Waals surface area contributed by atoms with E-state index >= 15 is 0 Å². The van der Waals surface area contributed by atoms with Gasteiger partial charge in [-0.05, 0) is 56.2 Å². The molecule has 0 spiro atoms. The molecule has 1 amide bonds. The molecule has 0 radical (unpaired) electrons. The first kappa shape index (κ1) is 17.0. The number of rotatable bonds is 5. The van der Waals surface area contributed by atoms with Gasteiger partial charge >= 0.3 is 5.97 Å². The van der Waals surface area contributed by atoms with E-state index in [2.05, 4.69) is 0 Å². The molecule has 5 heteroatoms. The molecule has 0 atom stereocenters. The van der Waals surface area contributed by atoms with Crippen molar-refractivity contribution in [2.45, 2.75) is 26.4 Å². The maximum atomic E-state index is 12.3. The van der Waals surface area contributed by atoms with Gasteiger partial charge < -0.3 is 14.4 Å². The second-order valence-corrected chi connectivity index (χ2v) is 6.19. The topological polar surface area (TPSA) is 55.8 Å². The average Bonchev–Trinajstić information content (AvgIpc) is 3.03. The lowest BCUT2D eigenvalue weighted by molar-refractivity contribution is -0.121. The first-order valence-corrected chi connectivity index (χ1v) is 8.36. The van der Waals surface area contributed by atoms with Crippen LogP contribution in [0.15, 0.2) is 48.5 Å². The summed E-state index contributed by atoms with van der Waals surface area (Å²) in [7, 11) is 0. The Morgan fingerprint density at radius 1 is 1.08 bits per heavy atom. The Balaban J connectivity index is 1.56. The van der Waals surface area contributed by atoms with Gasteiger partial charge in [-0.15, -0.1) is 0 Å². The number of nitrogens with zero attached hydrogens (tertiary/aromatic N) is 1. The highest BCUT2D eigenvalue weighted by atomic mass is 16.5. The van der Waals surface area contributed by atoms with E-state index in [0.29, 0.717) is 17.9 Å². The number of hydrogen-bond acceptors (Lipinski definition) is 4. The maximum absolute atomic E-state index is 12.3. The normalized spacial score (nSPS) is 12.8. The zero-order chi connectivity index (χ0) is 17.8. The molecule has 0 saturated heterocycles. The number of anilines is 1. The van der Waals surface area contributed by atoms with E-state index in [1.165, 1.54) is 0 Å². The molecule has 3 rings (SSSR count). The van der Waals surface area contributed by atoms with Crippen molar-refractivity contribution in [1.82, 2.24) is 0 Å². The minimum absolute atomic E-state index is 0.0683. The minimum Gasteiger partial charge on any atom is -0.491 e. The van der Waals surface area contributed by atoms with Gasteiger partial charge in [-0.2, -0.15) is 0 Å². The Kier molecular flexibility index (Phi) is 5.03. The summed E-state index contributed by atoms with van der Waals surface area (Å²) in [4.78, 5) is 26.1. The predicted octanol–water partition coefficient (Wildman–Crippen LogP) is 3.22. The number of ether oxygens (including phenoxy) is 2. The molecule has 0 unspecified atom stereocenters. The van der Waals surface area contributed by atoms with E-state index in [0.717, 1.165) is 17.7 Å². The van der Waals surface area contributed by atoms with Crippen molar-refractivity contribution in [2.24, 2.45) is 0 Å². The third-order valence-electron chi connectivity index (χ3n) is 3.98. The van der Waals surface area contributed by atoms with Crippen LogP contribution in [0.4, 0.5) is 5.69 Å². The second-order valence-electron chi connectivity index (χ2n) is 6.19. The minimum atomic E-state index is -0.517. The van der Waals surface area contributed by atoms with Gasteiger partial charge in [0.1, 0.15) is 5.75 Å². The summed E-state index contributed by atoms with van der Waals surface area (Å²) in [6.07, 6.45) is 0.895. The summed E-state index contributed by atoms with van der Waals surface area (Å²) in [6.45, 7) is 4.23. The van der Waals surface area contributed by atoms with E-state index in [1.807, 2.05) is 38.1 Å². The van der Waals surface area contributed by atoms with Gasteiger partial charge in [-0.1, -0.05) is 18.2 Å². The van der Waals surface area contributed by atoms with Crippen LogP contribution < -0.4 is 9.64 Å². The van der Waals surface area contributed by atoms with E-state index < -0.39 is 5.97 Å². The largest absolute Gasteiger partial charge is 0.491 e. The molecule has 0 bridgehead atoms. The molecule has 1 aliphatic rings. The molecule has 2 aromatic rings. The van der Waals surface area contributed by atoms with Crippen molar-refractivity contribution in [3.8, 4) is 5.75 Å². The quantitative estimate of drug-likeness (QED) is 0.785. The molecule has 1 heterocycles. The van der Waals surface area contributed by atoms with Crippen LogP contribution in [0.25, 0.3) is 0 Å². The van der Waals surface area contributed by atoms with Gasteiger partial charge in [0.15, 0.2) is 6.61 Å². The fourth-order valence-electron chi connectivity index (χ4n) is 2.83. The van der Waals surface area contributed by atoms with Crippen molar-refractivity contribution < 1.29 is 19.1 Å². The zero-order valence-electron chi connectivity index (χ0n) is 14.4. The molecule has 0 aromatic heterocycles. The number of carbonyl (C=O) groups excluding carboxylic acids is 2. The third kappa shape index (κ3) is 3.99. The van der Waals surface area contributed by atoms with Crippen LogP contribution in [0.1, 0.15) is 29.8 Å². The van der Waals surface area contributed by atoms with Gasteiger partial charge in [0.2, 0.25) is 0 Å². The molecule has 5 nitrogen and oxygen atoms in total. The highest BCUT2D eigenvalue weighted by Crippen LogP contribution is 2.27. The highest BCUT2D eigenvalue weighted by molar-refractivity contribution is 5.98. The maximum Gasteiger partial charge on any atom is 0.338 e. The van der Waals surface area contributed by atoms with Gasteiger partial charge in [-0.25, -0.2) is 4.79 Å². The monoisotopic (exact) mass is 339 g/mol. The molecule has 0 fully saturated rings. The van der Waals surface area contributed by atoms with Crippen LogP contribution in [-0.4, -0.2) is 31.1 Å². The summed E-state index contributed by atoms with van der Waals surface area (Å²) in [5, 5.41) is 0. The number of amides is 1. The number of carbonyl (C=O) groups is 2. The fourth-order valence-corrected chi connectivity index (χ4v) is 2.83. The van der Waals surface area contributed by atoms with Crippen molar-refractivity contribution in [1.29, 1.82) is 0 Å². The Hall–Kier alpha value is -2.82. The molecule has 0 N–H and O–H groups in total. The summed E-state index contributed by atoms with van der Waals surface area (Å²) >= 11 is 0. The molecule has 0 aliphatic carbocycles. The molecule has 0 saturated carbocycles. The van der Waals surface area contributed by atoms with E-state index in [4.69, 9.17) is 9.47 Å². The summed E-state index contributed by atoms with van der Waals surface area (Å²) in [5.41, 5.74) is 2.44. The second kappa shape index (κ2) is 7.38. The molecule has 25 heavy (non-hydrogen) atoms. The van der Waals surface area contributed by atoms with Crippen molar-refractivity contribution >= 4 is 17.6 Å². The average molecular weight is 339 g/mol. The van der Waals surface area contributed by atoms with E-state index in [-0.39, 0.29) is 18.6 Å². The molecule has 1 aliphatic heterocycles. The molecule has 130 valence electrons. The summed E-state index contributed by atoms with van der Waals surface area (Å²) in [6, 6.07) is 14.5. The van der Waals surface area contributed by atoms with Crippen molar-refractivity contribution in [3.05, 3.63) is 59.7 Å². The predicted molar refractivity (Wildman–Crippen MR) is 95.0 cm³/mol. The van der Waals surface area contributed by atoms with E-state index in [9.17, 15) is 9.59 Å². The Morgan fingerprint density at radius 2 is 1.80 bits per heavy atom. The number of fused-ring (bicyclic) bond motifs is 1. The van der Waals surface area contributed by atoms with Crippen LogP contribution in [0.5, 0.6) is 5.75 Å². The van der Waals surface area contributed by atoms with Crippen molar-refractivity contribution in [2.75, 3.05) is 18.1 Å². The van der Waals surface area contributed by atoms with E-state index in [1.54, 1.807) is 29.2 Å². The molecular weight excluding hydrogens is 318 g/mol. The van der Waals surface area contributed by atoms with Crippen LogP contribution in [0, 0.1) is 0 Å². The SMILES string of the molecule is CC(C)Oc1ccc(C(=O)OCC(=O)N2CCc3ccccc32)cc1. The Morgan fingerprint density at radius 3 is 2.52 bits per heavy atom. The summed E-state index contributed by atoms with van der Waals surface area (Å²) < 4.78 is 10.7. The van der Waals surface area contributed by atoms with Gasteiger partial charge in [0, 0.05) is 12.2 Å². The first-order valence-electron chi connectivity index (χ1n) is 8.36. The molecule has 2 aromatic carbocycles. The lowest BCUT2D eigenvalue weighted by Gasteiger charge is -2.17. The smallest absolute Gasteiger partial charge is 0.338 e. The van der Waals surface area contributed by atoms with Gasteiger partial charge in [-0.3, -0.25) is 4.79 Å². The fraction of sp³-hybridized carbons (Fsp3) is 0.300. The highest BCUT2D eigenvalue weighted by Gasteiger charge is 2.25. The standard InChI is InChI=1S/C20H21NO4/c1-14(2)25-17-9-7-16(8-10-17)20(23)24-13-19(22)21-12-11-15-5-3-4-6-18(15)21/h3-10,14H,11-13H2,1-2H3. The van der Waals surface area contributed by atoms with Crippen LogP contribution in [-0.2, 0) is 16.0 Å². The van der Waals surface area contributed by atoms with Crippen molar-refractivity contribution in [3.63, 3.8) is 0 Å². The first-order chi connectivity index (χ1) is 12.0. The van der Waals surface area contributed by atoms with Gasteiger partial charge in [0.05, 0.1) is 11.7 Å². The number of benzene rings is 2. The third-order valence-corrected chi connectivity index (χ3v) is 3.98. The zero-order valence-corrected chi connectivity index (χ0v) is 14.4.